The predicted molar refractivity (Wildman–Crippen MR) is 159 cm³/mol. The molecular weight excluding hydrogens is 481 g/mol. The molecular formula is C31H61NO4P+. The molecule has 218 valence electrons. The third-order valence-corrected chi connectivity index (χ3v) is 8.50. The molecule has 0 aliphatic rings. The molecule has 1 N–H and O–H groups in total. The number of rotatable bonds is 26. The molecule has 0 aromatic rings. The number of carbonyl (C=O) groups is 2. The Labute approximate surface area is 230 Å². The van der Waals surface area contributed by atoms with Crippen LogP contribution in [0.5, 0.6) is 0 Å². The van der Waals surface area contributed by atoms with Gasteiger partial charge in [0.25, 0.3) is 5.48 Å². The van der Waals surface area contributed by atoms with Gasteiger partial charge in [-0.1, -0.05) is 117 Å². The van der Waals surface area contributed by atoms with Gasteiger partial charge in [0, 0.05) is 12.8 Å². The molecule has 0 aromatic carbocycles. The average molecular weight is 543 g/mol. The quantitative estimate of drug-likeness (QED) is 0.0530. The van der Waals surface area contributed by atoms with Gasteiger partial charge in [-0.25, -0.2) is 0 Å². The van der Waals surface area contributed by atoms with Gasteiger partial charge in [0.1, 0.15) is 23.6 Å². The van der Waals surface area contributed by atoms with E-state index in [2.05, 4.69) is 13.8 Å². The second kappa shape index (κ2) is 23.3. The van der Waals surface area contributed by atoms with Crippen LogP contribution in [-0.4, -0.2) is 60.5 Å². The molecule has 0 spiro atoms. The summed E-state index contributed by atoms with van der Waals surface area (Å²) < 4.78 is 0.455. The maximum absolute atomic E-state index is 13.1. The molecule has 6 heteroatoms. The molecule has 0 radical (unpaired) electrons. The van der Waals surface area contributed by atoms with Gasteiger partial charge in [0.2, 0.25) is 0 Å². The van der Waals surface area contributed by atoms with Crippen molar-refractivity contribution in [3.63, 3.8) is 0 Å². The standard InChI is InChI=1S/C31H60NO4P/c1-6-8-10-12-14-16-18-20-22-24-29(33)28(27-37(36)31(35)26-32(3,4)5)30(34)25-23-21-19-17-15-13-11-9-7-2/h28H,6-27H2,1-5H3/p+1. The molecule has 0 saturated heterocycles. The molecule has 0 aliphatic carbocycles. The normalized spacial score (nSPS) is 12.8. The smallest absolute Gasteiger partial charge is 0.273 e. The van der Waals surface area contributed by atoms with Crippen LogP contribution in [0.2, 0.25) is 0 Å². The Bertz CT molecular complexity index is 593. The Kier molecular flexibility index (Phi) is 22.9. The van der Waals surface area contributed by atoms with Crippen molar-refractivity contribution in [1.29, 1.82) is 0 Å². The monoisotopic (exact) mass is 542 g/mol. The molecule has 5 nitrogen and oxygen atoms in total. The van der Waals surface area contributed by atoms with E-state index in [1.807, 2.05) is 21.1 Å². The van der Waals surface area contributed by atoms with E-state index in [1.54, 1.807) is 0 Å². The molecule has 0 heterocycles. The van der Waals surface area contributed by atoms with Crippen LogP contribution in [0, 0.1) is 5.92 Å². The molecule has 0 aliphatic heterocycles. The zero-order valence-corrected chi connectivity index (χ0v) is 26.1. The Hall–Kier alpha value is -0.610. The number of unbranched alkanes of at least 4 members (excludes halogenated alkanes) is 16. The van der Waals surface area contributed by atoms with Crippen LogP contribution in [0.25, 0.3) is 0 Å². The van der Waals surface area contributed by atoms with Gasteiger partial charge in [0.15, 0.2) is 6.54 Å². The fourth-order valence-corrected chi connectivity index (χ4v) is 6.26. The number of quaternary nitrogens is 1. The molecule has 0 amide bonds. The van der Waals surface area contributed by atoms with E-state index in [-0.39, 0.29) is 29.8 Å². The SMILES string of the molecule is CCCCCCCCCCCC(=O)C(C/[P+]([O-])=C(\O)C[N+](C)(C)C)C(=O)CCCCCCCCCCC. The summed E-state index contributed by atoms with van der Waals surface area (Å²) in [4.78, 5) is 38.9. The van der Waals surface area contributed by atoms with Crippen molar-refractivity contribution in [2.24, 2.45) is 5.92 Å². The number of nitrogens with zero attached hydrogens (tertiary/aromatic N) is 1. The molecule has 1 unspecified atom stereocenters. The summed E-state index contributed by atoms with van der Waals surface area (Å²) in [5.74, 6) is -0.989. The van der Waals surface area contributed by atoms with Crippen LogP contribution in [-0.2, 0) is 9.59 Å². The first-order chi connectivity index (χ1) is 17.6. The highest BCUT2D eigenvalue weighted by molar-refractivity contribution is 7.51. The number of Topliss-reactive ketones (excluding diaryl/α,β-unsaturated/α-hetero) is 2. The van der Waals surface area contributed by atoms with Crippen molar-refractivity contribution in [3.8, 4) is 0 Å². The fourth-order valence-electron chi connectivity index (χ4n) is 4.73. The summed E-state index contributed by atoms with van der Waals surface area (Å²) in [7, 11) is 3.64. The summed E-state index contributed by atoms with van der Waals surface area (Å²) in [6.07, 6.45) is 21.9. The van der Waals surface area contributed by atoms with E-state index in [0.717, 1.165) is 38.5 Å². The number of aliphatic hydroxyl groups excluding tert-OH is 1. The van der Waals surface area contributed by atoms with Crippen LogP contribution in [0.15, 0.2) is 0 Å². The number of likely N-dealkylation sites (N-methyl/N-ethyl adjacent to an activating group) is 1. The third kappa shape index (κ3) is 22.0. The van der Waals surface area contributed by atoms with Crippen LogP contribution >= 0.6 is 7.77 Å². The van der Waals surface area contributed by atoms with Crippen molar-refractivity contribution >= 4 is 24.8 Å². The minimum atomic E-state index is -2.11. The first-order valence-corrected chi connectivity index (χ1v) is 16.9. The van der Waals surface area contributed by atoms with Crippen LogP contribution < -0.4 is 4.89 Å². The van der Waals surface area contributed by atoms with Crippen molar-refractivity contribution in [3.05, 3.63) is 0 Å². The van der Waals surface area contributed by atoms with Crippen LogP contribution in [0.4, 0.5) is 0 Å². The zero-order valence-electron chi connectivity index (χ0n) is 25.2. The topological polar surface area (TPSA) is 77.4 Å². The number of aliphatic hydroxyl groups is 1. The third-order valence-electron chi connectivity index (χ3n) is 7.08. The van der Waals surface area contributed by atoms with E-state index in [1.165, 1.54) is 77.0 Å². The van der Waals surface area contributed by atoms with E-state index >= 15 is 0 Å². The van der Waals surface area contributed by atoms with Crippen molar-refractivity contribution in [1.82, 2.24) is 0 Å². The number of hydrogen-bond acceptors (Lipinski definition) is 3. The molecule has 0 aromatic heterocycles. The lowest BCUT2D eigenvalue weighted by Gasteiger charge is -2.22. The first-order valence-electron chi connectivity index (χ1n) is 15.5. The van der Waals surface area contributed by atoms with E-state index in [9.17, 15) is 19.6 Å². The van der Waals surface area contributed by atoms with Crippen molar-refractivity contribution in [2.45, 2.75) is 142 Å². The lowest BCUT2D eigenvalue weighted by atomic mass is 9.93. The van der Waals surface area contributed by atoms with E-state index < -0.39 is 13.7 Å². The maximum atomic E-state index is 13.1. The van der Waals surface area contributed by atoms with Crippen molar-refractivity contribution in [2.75, 3.05) is 33.8 Å². The summed E-state index contributed by atoms with van der Waals surface area (Å²) >= 11 is 0. The highest BCUT2D eigenvalue weighted by Crippen LogP contribution is 2.24. The summed E-state index contributed by atoms with van der Waals surface area (Å²) in [5.41, 5.74) is -0.0840. The molecule has 0 fully saturated rings. The van der Waals surface area contributed by atoms with Gasteiger partial charge in [-0.15, -0.1) is 0 Å². The molecule has 0 bridgehead atoms. The minimum Gasteiger partial charge on any atom is -0.628 e. The van der Waals surface area contributed by atoms with Crippen molar-refractivity contribution < 1.29 is 24.1 Å². The lowest BCUT2D eigenvalue weighted by Crippen LogP contribution is -2.40. The molecule has 0 saturated carbocycles. The van der Waals surface area contributed by atoms with Gasteiger partial charge in [-0.2, -0.15) is 0 Å². The summed E-state index contributed by atoms with van der Waals surface area (Å²) in [6, 6.07) is 0. The number of carbonyl (C=O) groups excluding carboxylic acids is 2. The van der Waals surface area contributed by atoms with Crippen LogP contribution in [0.3, 0.4) is 0 Å². The van der Waals surface area contributed by atoms with Gasteiger partial charge < -0.3 is 14.5 Å². The molecule has 37 heavy (non-hydrogen) atoms. The predicted octanol–water partition coefficient (Wildman–Crippen LogP) is 7.55. The zero-order chi connectivity index (χ0) is 27.9. The second-order valence-corrected chi connectivity index (χ2v) is 13.7. The van der Waals surface area contributed by atoms with Gasteiger partial charge >= 0.3 is 0 Å². The fraction of sp³-hybridized carbons (Fsp3) is 0.903. The summed E-state index contributed by atoms with van der Waals surface area (Å²) in [5, 5.41) is 10.4. The van der Waals surface area contributed by atoms with E-state index in [4.69, 9.17) is 0 Å². The lowest BCUT2D eigenvalue weighted by molar-refractivity contribution is -0.861. The second-order valence-electron chi connectivity index (χ2n) is 12.1. The number of hydrogen-bond donors (Lipinski definition) is 1. The highest BCUT2D eigenvalue weighted by atomic mass is 31.1. The van der Waals surface area contributed by atoms with Crippen LogP contribution in [0.1, 0.15) is 142 Å². The first kappa shape index (κ1) is 36.4. The Morgan fingerprint density at radius 1 is 0.649 bits per heavy atom. The Morgan fingerprint density at radius 2 is 0.973 bits per heavy atom. The number of ketones is 2. The van der Waals surface area contributed by atoms with Gasteiger partial charge in [0.05, 0.1) is 28.9 Å². The Balaban J connectivity index is 4.68. The summed E-state index contributed by atoms with van der Waals surface area (Å²) in [6.45, 7) is 4.72. The highest BCUT2D eigenvalue weighted by Gasteiger charge is 2.30. The molecule has 1 atom stereocenters. The molecule has 0 rings (SSSR count). The van der Waals surface area contributed by atoms with E-state index in [0.29, 0.717) is 17.3 Å². The maximum Gasteiger partial charge on any atom is 0.273 e. The Morgan fingerprint density at radius 3 is 1.30 bits per heavy atom. The largest absolute Gasteiger partial charge is 0.628 e. The average Bonchev–Trinajstić information content (AvgIpc) is 2.83. The van der Waals surface area contributed by atoms with Gasteiger partial charge in [-0.05, 0) is 12.8 Å². The minimum absolute atomic E-state index is 0.0340. The van der Waals surface area contributed by atoms with Gasteiger partial charge in [-0.3, -0.25) is 9.59 Å².